The van der Waals surface area contributed by atoms with E-state index in [0.717, 1.165) is 8.95 Å². The third-order valence-corrected chi connectivity index (χ3v) is 6.24. The summed E-state index contributed by atoms with van der Waals surface area (Å²) in [4.78, 5) is 27.0. The molecule has 9 heteroatoms. The molecule has 4 rings (SSSR count). The zero-order chi connectivity index (χ0) is 24.9. The van der Waals surface area contributed by atoms with Crippen LogP contribution in [0.4, 0.5) is 5.69 Å². The molecule has 3 aromatic carbocycles. The third kappa shape index (κ3) is 5.36. The largest absolute Gasteiger partial charge is 0.493 e. The molecule has 7 nitrogen and oxygen atoms in total. The van der Waals surface area contributed by atoms with Gasteiger partial charge in [0, 0.05) is 20.2 Å². The maximum atomic E-state index is 13.7. The van der Waals surface area contributed by atoms with Crippen molar-refractivity contribution in [2.45, 2.75) is 13.1 Å². The lowest BCUT2D eigenvalue weighted by molar-refractivity contribution is 0.0486. The van der Waals surface area contributed by atoms with Gasteiger partial charge in [0.05, 0.1) is 17.7 Å². The minimum atomic E-state index is -0.753. The molecule has 0 saturated carbocycles. The van der Waals surface area contributed by atoms with E-state index in [4.69, 9.17) is 9.47 Å². The van der Waals surface area contributed by atoms with Crippen LogP contribution in [0.1, 0.15) is 39.4 Å². The van der Waals surface area contributed by atoms with E-state index in [1.54, 1.807) is 42.5 Å². The van der Waals surface area contributed by atoms with Gasteiger partial charge in [0.2, 0.25) is 0 Å². The van der Waals surface area contributed by atoms with Crippen molar-refractivity contribution in [2.75, 3.05) is 18.5 Å². The van der Waals surface area contributed by atoms with Crippen molar-refractivity contribution in [3.8, 4) is 11.5 Å². The van der Waals surface area contributed by atoms with Crippen molar-refractivity contribution < 1.29 is 19.1 Å². The van der Waals surface area contributed by atoms with Gasteiger partial charge in [0.15, 0.2) is 6.17 Å². The second-order valence-corrected chi connectivity index (χ2v) is 9.40. The number of carbonyl (C=O) groups is 2. The van der Waals surface area contributed by atoms with E-state index in [1.165, 1.54) is 5.01 Å². The first kappa shape index (κ1) is 24.8. The van der Waals surface area contributed by atoms with Gasteiger partial charge in [-0.2, -0.15) is 0 Å². The van der Waals surface area contributed by atoms with E-state index >= 15 is 0 Å². The molecule has 0 spiro atoms. The maximum Gasteiger partial charge on any atom is 0.276 e. The Hall–Kier alpha value is -3.30. The van der Waals surface area contributed by atoms with Crippen molar-refractivity contribution in [3.63, 3.8) is 0 Å². The summed E-state index contributed by atoms with van der Waals surface area (Å²) in [6.45, 7) is 6.24. The number of nitrogens with zero attached hydrogens (tertiary/aromatic N) is 1. The van der Waals surface area contributed by atoms with Crippen LogP contribution in [-0.4, -0.2) is 30.0 Å². The van der Waals surface area contributed by atoms with Gasteiger partial charge in [-0.15, -0.1) is 0 Å². The summed E-state index contributed by atoms with van der Waals surface area (Å²) in [7, 11) is 0. The Bertz CT molecular complexity index is 1280. The normalized spacial score (nSPS) is 14.5. The molecule has 3 aromatic rings. The van der Waals surface area contributed by atoms with Crippen LogP contribution in [0.3, 0.4) is 0 Å². The standard InChI is InChI=1S/C26H23Br2N3O4/c1-3-13-35-23-12-10-17(28)15-20(23)24-29-21-11-9-16(27)14-19(21)26(33)31(24)30-25(32)18-7-5-6-8-22(18)34-4-2/h3,5-12,14-15,24,29H,1,4,13H2,2H3,(H,30,32). The Morgan fingerprint density at radius 1 is 1.09 bits per heavy atom. The minimum Gasteiger partial charge on any atom is -0.493 e. The smallest absolute Gasteiger partial charge is 0.276 e. The van der Waals surface area contributed by atoms with Crippen LogP contribution in [0, 0.1) is 0 Å². The Morgan fingerprint density at radius 3 is 2.60 bits per heavy atom. The van der Waals surface area contributed by atoms with Crippen LogP contribution in [0.2, 0.25) is 0 Å². The van der Waals surface area contributed by atoms with Crippen LogP contribution in [0.5, 0.6) is 11.5 Å². The highest BCUT2D eigenvalue weighted by atomic mass is 79.9. The van der Waals surface area contributed by atoms with E-state index in [1.807, 2.05) is 31.2 Å². The van der Waals surface area contributed by atoms with E-state index in [2.05, 4.69) is 49.2 Å². The van der Waals surface area contributed by atoms with Gasteiger partial charge in [-0.3, -0.25) is 15.0 Å². The summed E-state index contributed by atoms with van der Waals surface area (Å²) in [6, 6.07) is 17.8. The molecule has 2 N–H and O–H groups in total. The highest BCUT2D eigenvalue weighted by Crippen LogP contribution is 2.38. The molecule has 1 heterocycles. The van der Waals surface area contributed by atoms with Crippen LogP contribution in [-0.2, 0) is 0 Å². The van der Waals surface area contributed by atoms with Crippen molar-refractivity contribution in [1.29, 1.82) is 0 Å². The first-order valence-electron chi connectivity index (χ1n) is 10.9. The van der Waals surface area contributed by atoms with Crippen LogP contribution < -0.4 is 20.2 Å². The lowest BCUT2D eigenvalue weighted by atomic mass is 10.0. The summed E-state index contributed by atoms with van der Waals surface area (Å²) in [6.07, 6.45) is 0.888. The van der Waals surface area contributed by atoms with Gasteiger partial charge in [0.1, 0.15) is 18.1 Å². The van der Waals surface area contributed by atoms with Crippen LogP contribution >= 0.6 is 31.9 Å². The van der Waals surface area contributed by atoms with Crippen molar-refractivity contribution in [1.82, 2.24) is 10.4 Å². The van der Waals surface area contributed by atoms with Crippen molar-refractivity contribution in [3.05, 3.63) is 99.0 Å². The van der Waals surface area contributed by atoms with Gasteiger partial charge in [0.25, 0.3) is 11.8 Å². The summed E-state index contributed by atoms with van der Waals surface area (Å²) >= 11 is 6.93. The van der Waals surface area contributed by atoms with Gasteiger partial charge in [-0.25, -0.2) is 5.01 Å². The SMILES string of the molecule is C=CCOc1ccc(Br)cc1C1Nc2ccc(Br)cc2C(=O)N1NC(=O)c1ccccc1OCC. The average molecular weight is 601 g/mol. The number of fused-ring (bicyclic) bond motifs is 1. The molecular formula is C26H23Br2N3O4. The Kier molecular flexibility index (Phi) is 7.77. The van der Waals surface area contributed by atoms with E-state index < -0.39 is 12.1 Å². The van der Waals surface area contributed by atoms with E-state index in [9.17, 15) is 9.59 Å². The molecule has 180 valence electrons. The van der Waals surface area contributed by atoms with Gasteiger partial charge >= 0.3 is 0 Å². The number of benzene rings is 3. The molecule has 0 fully saturated rings. The Morgan fingerprint density at radius 2 is 1.83 bits per heavy atom. The molecule has 0 aromatic heterocycles. The quantitative estimate of drug-likeness (QED) is 0.306. The Balaban J connectivity index is 1.78. The number of hydrazine groups is 1. The molecular weight excluding hydrogens is 578 g/mol. The van der Waals surface area contributed by atoms with Gasteiger partial charge in [-0.1, -0.05) is 56.6 Å². The van der Waals surface area contributed by atoms with E-state index in [-0.39, 0.29) is 12.5 Å². The second-order valence-electron chi connectivity index (χ2n) is 7.56. The first-order chi connectivity index (χ1) is 16.9. The first-order valence-corrected chi connectivity index (χ1v) is 12.5. The zero-order valence-electron chi connectivity index (χ0n) is 18.9. The number of rotatable bonds is 8. The number of halogens is 2. The second kappa shape index (κ2) is 11.0. The number of ether oxygens (including phenoxy) is 2. The molecule has 2 amide bonds. The molecule has 0 saturated heterocycles. The van der Waals surface area contributed by atoms with Gasteiger partial charge in [-0.05, 0) is 55.5 Å². The summed E-state index contributed by atoms with van der Waals surface area (Å²) in [5, 5.41) is 4.65. The third-order valence-electron chi connectivity index (χ3n) is 5.26. The molecule has 1 aliphatic heterocycles. The number of nitrogens with one attached hydrogen (secondary N) is 2. The fraction of sp³-hybridized carbons (Fsp3) is 0.154. The summed E-state index contributed by atoms with van der Waals surface area (Å²) < 4.78 is 13.0. The topological polar surface area (TPSA) is 79.9 Å². The van der Waals surface area contributed by atoms with Crippen molar-refractivity contribution in [2.24, 2.45) is 0 Å². The molecule has 0 aliphatic carbocycles. The predicted octanol–water partition coefficient (Wildman–Crippen LogP) is 6.09. The average Bonchev–Trinajstić information content (AvgIpc) is 2.85. The number of carbonyl (C=O) groups excluding carboxylic acids is 2. The minimum absolute atomic E-state index is 0.285. The number of hydrogen-bond acceptors (Lipinski definition) is 5. The monoisotopic (exact) mass is 599 g/mol. The fourth-order valence-corrected chi connectivity index (χ4v) is 4.47. The number of anilines is 1. The maximum absolute atomic E-state index is 13.7. The number of amides is 2. The zero-order valence-corrected chi connectivity index (χ0v) is 22.1. The lowest BCUT2D eigenvalue weighted by Gasteiger charge is -2.38. The van der Waals surface area contributed by atoms with Gasteiger partial charge < -0.3 is 14.8 Å². The molecule has 1 aliphatic rings. The number of para-hydroxylation sites is 1. The highest BCUT2D eigenvalue weighted by Gasteiger charge is 2.36. The summed E-state index contributed by atoms with van der Waals surface area (Å²) in [5.41, 5.74) is 4.82. The van der Waals surface area contributed by atoms with Crippen molar-refractivity contribution >= 4 is 49.4 Å². The predicted molar refractivity (Wildman–Crippen MR) is 142 cm³/mol. The van der Waals surface area contributed by atoms with E-state index in [0.29, 0.717) is 40.5 Å². The highest BCUT2D eigenvalue weighted by molar-refractivity contribution is 9.10. The molecule has 0 radical (unpaired) electrons. The molecule has 1 unspecified atom stereocenters. The molecule has 35 heavy (non-hydrogen) atoms. The lowest BCUT2D eigenvalue weighted by Crippen LogP contribution is -2.53. The molecule has 1 atom stereocenters. The number of hydrogen-bond donors (Lipinski definition) is 2. The molecule has 0 bridgehead atoms. The van der Waals surface area contributed by atoms with Crippen LogP contribution in [0.25, 0.3) is 0 Å². The van der Waals surface area contributed by atoms with Crippen LogP contribution in [0.15, 0.2) is 82.3 Å². The fourth-order valence-electron chi connectivity index (χ4n) is 3.73. The summed E-state index contributed by atoms with van der Waals surface area (Å²) in [5.74, 6) is 0.133. The Labute approximate surface area is 220 Å².